The number of nitrogens with zero attached hydrogens (tertiary/aromatic N) is 1. The Kier molecular flexibility index (Phi) is 2.19. The van der Waals surface area contributed by atoms with E-state index in [1.54, 1.807) is 0 Å². The molecule has 3 rings (SSSR count). The van der Waals surface area contributed by atoms with Crippen molar-refractivity contribution in [3.63, 3.8) is 0 Å². The lowest BCUT2D eigenvalue weighted by Gasteiger charge is -2.00. The lowest BCUT2D eigenvalue weighted by molar-refractivity contribution is 1.38. The summed E-state index contributed by atoms with van der Waals surface area (Å²) < 4.78 is 0. The third-order valence-corrected chi connectivity index (χ3v) is 3.78. The molecule has 4 heteroatoms. The van der Waals surface area contributed by atoms with Gasteiger partial charge in [0.1, 0.15) is 0 Å². The Bertz CT molecular complexity index is 694. The minimum absolute atomic E-state index is 0.625. The molecule has 0 radical (unpaired) electrons. The number of anilines is 1. The normalized spacial score (nSPS) is 11.2. The summed E-state index contributed by atoms with van der Waals surface area (Å²) >= 11 is 1.53. The van der Waals surface area contributed by atoms with Gasteiger partial charge in [-0.1, -0.05) is 12.1 Å². The van der Waals surface area contributed by atoms with Crippen molar-refractivity contribution in [2.75, 3.05) is 5.73 Å². The summed E-state index contributed by atoms with van der Waals surface area (Å²) in [4.78, 5) is 8.87. The van der Waals surface area contributed by atoms with Crippen molar-refractivity contribution in [1.82, 2.24) is 9.97 Å². The Morgan fingerprint density at radius 3 is 2.82 bits per heavy atom. The number of aromatic nitrogens is 2. The van der Waals surface area contributed by atoms with E-state index in [1.165, 1.54) is 22.3 Å². The molecule has 0 spiro atoms. The van der Waals surface area contributed by atoms with Crippen LogP contribution in [-0.2, 0) is 0 Å². The van der Waals surface area contributed by atoms with Crippen LogP contribution in [-0.4, -0.2) is 9.97 Å². The van der Waals surface area contributed by atoms with Crippen LogP contribution in [0.25, 0.3) is 22.2 Å². The summed E-state index contributed by atoms with van der Waals surface area (Å²) in [6, 6.07) is 6.25. The summed E-state index contributed by atoms with van der Waals surface area (Å²) in [5.41, 5.74) is 10.3. The van der Waals surface area contributed by atoms with Crippen LogP contribution in [0.2, 0.25) is 0 Å². The number of hydrogen-bond acceptors (Lipinski definition) is 3. The standard InChI is InChI=1S/C13H13N3S/c1-7-4-3-5-10-11(7)9(6-15-10)12-8(2)17-13(14)16-12/h3-6,15H,1-2H3,(H2,14,16). The first kappa shape index (κ1) is 10.4. The summed E-state index contributed by atoms with van der Waals surface area (Å²) in [5.74, 6) is 0. The molecule has 3 N–H and O–H groups in total. The van der Waals surface area contributed by atoms with Crippen LogP contribution in [0.3, 0.4) is 0 Å². The maximum absolute atomic E-state index is 5.76. The van der Waals surface area contributed by atoms with Gasteiger partial charge in [0.15, 0.2) is 5.13 Å². The molecule has 0 saturated heterocycles. The number of thiazole rings is 1. The average molecular weight is 243 g/mol. The van der Waals surface area contributed by atoms with E-state index in [9.17, 15) is 0 Å². The van der Waals surface area contributed by atoms with E-state index >= 15 is 0 Å². The summed E-state index contributed by atoms with van der Waals surface area (Å²) in [6.07, 6.45) is 2.01. The lowest BCUT2D eigenvalue weighted by Crippen LogP contribution is -1.84. The summed E-state index contributed by atoms with van der Waals surface area (Å²) in [7, 11) is 0. The first-order chi connectivity index (χ1) is 8.16. The molecular formula is C13H13N3S. The van der Waals surface area contributed by atoms with Crippen LogP contribution in [0.5, 0.6) is 0 Å². The summed E-state index contributed by atoms with van der Waals surface area (Å²) in [5, 5.41) is 1.86. The van der Waals surface area contributed by atoms with Crippen molar-refractivity contribution >= 4 is 27.4 Å². The number of benzene rings is 1. The molecule has 1 aromatic carbocycles. The molecule has 0 aliphatic carbocycles. The topological polar surface area (TPSA) is 54.7 Å². The highest BCUT2D eigenvalue weighted by atomic mass is 32.1. The van der Waals surface area contributed by atoms with Gasteiger partial charge in [0.05, 0.1) is 5.69 Å². The first-order valence-corrected chi connectivity index (χ1v) is 6.28. The molecule has 3 nitrogen and oxygen atoms in total. The fraction of sp³-hybridized carbons (Fsp3) is 0.154. The zero-order chi connectivity index (χ0) is 12.0. The van der Waals surface area contributed by atoms with Gasteiger partial charge in [0, 0.05) is 27.5 Å². The highest BCUT2D eigenvalue weighted by Gasteiger charge is 2.13. The third-order valence-electron chi connectivity index (χ3n) is 2.98. The van der Waals surface area contributed by atoms with Crippen molar-refractivity contribution in [3.05, 3.63) is 34.8 Å². The molecule has 0 bridgehead atoms. The smallest absolute Gasteiger partial charge is 0.180 e. The second kappa shape index (κ2) is 3.60. The molecule has 0 aliphatic heterocycles. The molecule has 0 aliphatic rings. The molecular weight excluding hydrogens is 230 g/mol. The van der Waals surface area contributed by atoms with E-state index in [4.69, 9.17) is 5.73 Å². The van der Waals surface area contributed by atoms with Gasteiger partial charge in [-0.2, -0.15) is 0 Å². The fourth-order valence-corrected chi connectivity index (χ4v) is 2.92. The van der Waals surface area contributed by atoms with Crippen LogP contribution in [0.1, 0.15) is 10.4 Å². The molecule has 3 aromatic rings. The molecule has 86 valence electrons. The minimum atomic E-state index is 0.625. The van der Waals surface area contributed by atoms with E-state index in [0.717, 1.165) is 21.7 Å². The zero-order valence-corrected chi connectivity index (χ0v) is 10.6. The Morgan fingerprint density at radius 2 is 2.12 bits per heavy atom. The Hall–Kier alpha value is -1.81. The van der Waals surface area contributed by atoms with E-state index in [0.29, 0.717) is 5.13 Å². The van der Waals surface area contributed by atoms with E-state index in [2.05, 4.69) is 42.0 Å². The molecule has 2 aromatic heterocycles. The van der Waals surface area contributed by atoms with E-state index in [1.807, 2.05) is 6.20 Å². The minimum Gasteiger partial charge on any atom is -0.375 e. The van der Waals surface area contributed by atoms with Gasteiger partial charge in [0.2, 0.25) is 0 Å². The number of aromatic amines is 1. The molecule has 0 saturated carbocycles. The van der Waals surface area contributed by atoms with Crippen molar-refractivity contribution in [1.29, 1.82) is 0 Å². The van der Waals surface area contributed by atoms with Gasteiger partial charge in [0.25, 0.3) is 0 Å². The van der Waals surface area contributed by atoms with Crippen molar-refractivity contribution in [2.24, 2.45) is 0 Å². The zero-order valence-electron chi connectivity index (χ0n) is 9.74. The SMILES string of the molecule is Cc1sc(N)nc1-c1c[nH]c2cccc(C)c12. The molecule has 0 unspecified atom stereocenters. The van der Waals surface area contributed by atoms with E-state index in [-0.39, 0.29) is 0 Å². The molecule has 0 atom stereocenters. The average Bonchev–Trinajstić information content (AvgIpc) is 2.83. The van der Waals surface area contributed by atoms with Crippen molar-refractivity contribution in [3.8, 4) is 11.3 Å². The maximum Gasteiger partial charge on any atom is 0.180 e. The number of hydrogen-bond donors (Lipinski definition) is 2. The van der Waals surface area contributed by atoms with Crippen LogP contribution in [0, 0.1) is 13.8 Å². The van der Waals surface area contributed by atoms with Crippen LogP contribution < -0.4 is 5.73 Å². The highest BCUT2D eigenvalue weighted by molar-refractivity contribution is 7.15. The van der Waals surface area contributed by atoms with E-state index < -0.39 is 0 Å². The Morgan fingerprint density at radius 1 is 1.29 bits per heavy atom. The van der Waals surface area contributed by atoms with Crippen molar-refractivity contribution in [2.45, 2.75) is 13.8 Å². The monoisotopic (exact) mass is 243 g/mol. The van der Waals surface area contributed by atoms with Gasteiger partial charge < -0.3 is 10.7 Å². The molecule has 17 heavy (non-hydrogen) atoms. The number of aryl methyl sites for hydroxylation is 2. The maximum atomic E-state index is 5.76. The number of fused-ring (bicyclic) bond motifs is 1. The van der Waals surface area contributed by atoms with Gasteiger partial charge in [-0.15, -0.1) is 11.3 Å². The third kappa shape index (κ3) is 1.52. The van der Waals surface area contributed by atoms with Crippen LogP contribution in [0.15, 0.2) is 24.4 Å². The number of nitrogens with two attached hydrogens (primary N) is 1. The quantitative estimate of drug-likeness (QED) is 0.687. The molecule has 0 amide bonds. The second-order valence-corrected chi connectivity index (χ2v) is 5.39. The lowest BCUT2D eigenvalue weighted by atomic mass is 10.1. The van der Waals surface area contributed by atoms with Crippen LogP contribution >= 0.6 is 11.3 Å². The Balaban J connectivity index is 2.35. The van der Waals surface area contributed by atoms with Gasteiger partial charge in [-0.3, -0.25) is 0 Å². The van der Waals surface area contributed by atoms with Crippen LogP contribution in [0.4, 0.5) is 5.13 Å². The summed E-state index contributed by atoms with van der Waals surface area (Å²) in [6.45, 7) is 4.17. The fourth-order valence-electron chi connectivity index (χ4n) is 2.22. The van der Waals surface area contributed by atoms with Gasteiger partial charge in [-0.05, 0) is 25.5 Å². The first-order valence-electron chi connectivity index (χ1n) is 5.47. The Labute approximate surface area is 103 Å². The number of H-pyrrole nitrogens is 1. The van der Waals surface area contributed by atoms with Gasteiger partial charge >= 0.3 is 0 Å². The van der Waals surface area contributed by atoms with Gasteiger partial charge in [-0.25, -0.2) is 4.98 Å². The molecule has 0 fully saturated rings. The second-order valence-electron chi connectivity index (χ2n) is 4.16. The number of nitrogens with one attached hydrogen (secondary N) is 1. The highest BCUT2D eigenvalue weighted by Crippen LogP contribution is 2.35. The predicted octanol–water partition coefficient (Wildman–Crippen LogP) is 3.49. The predicted molar refractivity (Wildman–Crippen MR) is 73.3 cm³/mol. The van der Waals surface area contributed by atoms with Crippen molar-refractivity contribution < 1.29 is 0 Å². The number of nitrogen functional groups attached to an aromatic ring is 1. The largest absolute Gasteiger partial charge is 0.375 e. The number of rotatable bonds is 1. The molecule has 2 heterocycles.